The Kier molecular flexibility index (Phi) is 4.88. The topological polar surface area (TPSA) is 71.3 Å². The van der Waals surface area contributed by atoms with Gasteiger partial charge in [0.05, 0.1) is 11.9 Å². The van der Waals surface area contributed by atoms with Crippen molar-refractivity contribution in [1.29, 1.82) is 0 Å². The second-order valence-corrected chi connectivity index (χ2v) is 8.18. The van der Waals surface area contributed by atoms with Crippen molar-refractivity contribution < 1.29 is 9.18 Å². The highest BCUT2D eigenvalue weighted by Crippen LogP contribution is 2.49. The molecule has 1 aliphatic carbocycles. The largest absolute Gasteiger partial charge is 0.342 e. The Morgan fingerprint density at radius 1 is 1.38 bits per heavy atom. The van der Waals surface area contributed by atoms with Crippen LogP contribution in [0.1, 0.15) is 20.3 Å². The highest BCUT2D eigenvalue weighted by atomic mass is 19.1. The molecule has 1 saturated heterocycles. The molecule has 1 saturated carbocycles. The predicted molar refractivity (Wildman–Crippen MR) is 108 cm³/mol. The second-order valence-electron chi connectivity index (χ2n) is 8.18. The molecule has 8 heteroatoms. The van der Waals surface area contributed by atoms with Crippen LogP contribution in [0.5, 0.6) is 0 Å². The average molecular weight is 399 g/mol. The molecule has 2 aromatic rings. The van der Waals surface area contributed by atoms with Crippen LogP contribution in [0.4, 0.5) is 10.3 Å². The van der Waals surface area contributed by atoms with Gasteiger partial charge in [0.25, 0.3) is 5.56 Å². The molecule has 154 valence electrons. The minimum Gasteiger partial charge on any atom is -0.342 e. The number of nitrogens with zero attached hydrogens (tertiary/aromatic N) is 5. The van der Waals surface area contributed by atoms with E-state index in [9.17, 15) is 14.0 Å². The summed E-state index contributed by atoms with van der Waals surface area (Å²) in [6, 6.07) is 3.09. The van der Waals surface area contributed by atoms with E-state index in [0.29, 0.717) is 23.5 Å². The first-order chi connectivity index (χ1) is 13.8. The van der Waals surface area contributed by atoms with Gasteiger partial charge in [-0.05, 0) is 12.5 Å². The zero-order valence-corrected chi connectivity index (χ0v) is 17.2. The van der Waals surface area contributed by atoms with E-state index in [4.69, 9.17) is 0 Å². The Bertz CT molecular complexity index is 995. The average Bonchev–Trinajstić information content (AvgIpc) is 3.21. The highest BCUT2D eigenvalue weighted by Gasteiger charge is 2.59. The summed E-state index contributed by atoms with van der Waals surface area (Å²) in [6.45, 7) is 5.49. The fourth-order valence-electron chi connectivity index (χ4n) is 4.43. The van der Waals surface area contributed by atoms with Crippen LogP contribution in [0.3, 0.4) is 0 Å². The number of piperidine rings is 1. The van der Waals surface area contributed by atoms with Crippen molar-refractivity contribution in [2.45, 2.75) is 26.3 Å². The van der Waals surface area contributed by atoms with Crippen LogP contribution in [-0.2, 0) is 11.8 Å². The van der Waals surface area contributed by atoms with Gasteiger partial charge in [-0.3, -0.25) is 19.1 Å². The molecule has 1 unspecified atom stereocenters. The van der Waals surface area contributed by atoms with Gasteiger partial charge in [0.1, 0.15) is 0 Å². The fraction of sp³-hybridized carbons (Fsp3) is 0.524. The normalized spacial score (nSPS) is 23.6. The lowest BCUT2D eigenvalue weighted by Gasteiger charge is -2.27. The highest BCUT2D eigenvalue weighted by molar-refractivity contribution is 5.79. The van der Waals surface area contributed by atoms with E-state index in [1.807, 2.05) is 30.7 Å². The van der Waals surface area contributed by atoms with Gasteiger partial charge < -0.3 is 9.80 Å². The van der Waals surface area contributed by atoms with Crippen molar-refractivity contribution in [1.82, 2.24) is 19.4 Å². The van der Waals surface area contributed by atoms with E-state index in [1.54, 1.807) is 7.05 Å². The Labute approximate surface area is 169 Å². The molecular weight excluding hydrogens is 373 g/mol. The summed E-state index contributed by atoms with van der Waals surface area (Å²) < 4.78 is 15.6. The quantitative estimate of drug-likeness (QED) is 0.768. The number of fused-ring (bicyclic) bond motifs is 1. The monoisotopic (exact) mass is 399 g/mol. The van der Waals surface area contributed by atoms with Crippen molar-refractivity contribution in [3.8, 4) is 11.3 Å². The van der Waals surface area contributed by atoms with Gasteiger partial charge in [-0.1, -0.05) is 13.8 Å². The van der Waals surface area contributed by atoms with Crippen molar-refractivity contribution in [2.75, 3.05) is 25.0 Å². The third kappa shape index (κ3) is 3.30. The molecule has 2 aromatic heterocycles. The number of likely N-dealkylation sites (tertiary alicyclic amines) is 1. The number of anilines is 1. The van der Waals surface area contributed by atoms with Gasteiger partial charge in [-0.2, -0.15) is 0 Å². The smallest absolute Gasteiger partial charge is 0.255 e. The number of rotatable bonds is 5. The van der Waals surface area contributed by atoms with E-state index < -0.39 is 5.82 Å². The standard InChI is InChI=1S/C21H26FN5O2/c1-5-12(2)20(29)27-10-14-15(11-27)19(14)26(4)21-24-17(8-18(28)25(21)3)13-6-7-23-9-16(13)22/h6-9,12,14-15,19H,5,10-11H2,1-4H3/t12?,14-,15+,19+. The van der Waals surface area contributed by atoms with Crippen LogP contribution >= 0.6 is 0 Å². The third-order valence-electron chi connectivity index (χ3n) is 6.42. The molecule has 0 radical (unpaired) electrons. The van der Waals surface area contributed by atoms with E-state index >= 15 is 0 Å². The molecule has 0 N–H and O–H groups in total. The molecule has 2 aliphatic rings. The van der Waals surface area contributed by atoms with Crippen molar-refractivity contribution >= 4 is 11.9 Å². The second kappa shape index (κ2) is 7.24. The van der Waals surface area contributed by atoms with Gasteiger partial charge in [-0.15, -0.1) is 0 Å². The van der Waals surface area contributed by atoms with E-state index in [2.05, 4.69) is 9.97 Å². The summed E-state index contributed by atoms with van der Waals surface area (Å²) in [5.41, 5.74) is 0.315. The van der Waals surface area contributed by atoms with Crippen LogP contribution in [0, 0.1) is 23.6 Å². The lowest BCUT2D eigenvalue weighted by Crippen LogP contribution is -2.40. The molecule has 3 heterocycles. The number of amides is 1. The first-order valence-corrected chi connectivity index (χ1v) is 10.0. The number of hydrogen-bond donors (Lipinski definition) is 0. The zero-order valence-electron chi connectivity index (χ0n) is 17.2. The number of hydrogen-bond acceptors (Lipinski definition) is 5. The Hall–Kier alpha value is -2.77. The lowest BCUT2D eigenvalue weighted by atomic mass is 10.1. The Morgan fingerprint density at radius 3 is 2.69 bits per heavy atom. The summed E-state index contributed by atoms with van der Waals surface area (Å²) in [7, 11) is 3.59. The van der Waals surface area contributed by atoms with E-state index in [1.165, 1.54) is 22.9 Å². The summed E-state index contributed by atoms with van der Waals surface area (Å²) in [5.74, 6) is 1.03. The molecule has 0 bridgehead atoms. The Balaban J connectivity index is 1.56. The molecule has 7 nitrogen and oxygen atoms in total. The number of pyridine rings is 1. The van der Waals surface area contributed by atoms with Gasteiger partial charge in [-0.25, -0.2) is 9.37 Å². The van der Waals surface area contributed by atoms with Crippen LogP contribution in [0.25, 0.3) is 11.3 Å². The Morgan fingerprint density at radius 2 is 2.07 bits per heavy atom. The van der Waals surface area contributed by atoms with Gasteiger partial charge in [0, 0.05) is 68.8 Å². The van der Waals surface area contributed by atoms with Crippen molar-refractivity contribution in [2.24, 2.45) is 24.8 Å². The molecular formula is C21H26FN5O2. The molecule has 1 aliphatic heterocycles. The first-order valence-electron chi connectivity index (χ1n) is 10.0. The van der Waals surface area contributed by atoms with Crippen LogP contribution < -0.4 is 10.5 Å². The number of halogens is 1. The lowest BCUT2D eigenvalue weighted by molar-refractivity contribution is -0.134. The maximum atomic E-state index is 14.1. The van der Waals surface area contributed by atoms with Crippen LogP contribution in [0.15, 0.2) is 29.3 Å². The minimum atomic E-state index is -0.510. The zero-order chi connectivity index (χ0) is 20.9. The molecule has 1 amide bonds. The van der Waals surface area contributed by atoms with Crippen molar-refractivity contribution in [3.63, 3.8) is 0 Å². The number of carbonyl (C=O) groups excluding carboxylic acids is 1. The van der Waals surface area contributed by atoms with E-state index in [0.717, 1.165) is 25.7 Å². The molecule has 4 atom stereocenters. The maximum absolute atomic E-state index is 14.1. The minimum absolute atomic E-state index is 0.0538. The SMILES string of the molecule is CCC(C)C(=O)N1C[C@@H]2[C@H](C1)[C@H]2N(C)c1nc(-c2ccncc2F)cc(=O)n1C. The summed E-state index contributed by atoms with van der Waals surface area (Å²) in [5, 5.41) is 0. The molecule has 4 rings (SSSR count). The van der Waals surface area contributed by atoms with Gasteiger partial charge >= 0.3 is 0 Å². The van der Waals surface area contributed by atoms with E-state index in [-0.39, 0.29) is 29.0 Å². The van der Waals surface area contributed by atoms with Crippen LogP contribution in [-0.4, -0.2) is 51.5 Å². The molecule has 0 spiro atoms. The predicted octanol–water partition coefficient (Wildman–Crippen LogP) is 1.92. The van der Waals surface area contributed by atoms with Gasteiger partial charge in [0.2, 0.25) is 11.9 Å². The van der Waals surface area contributed by atoms with Crippen molar-refractivity contribution in [3.05, 3.63) is 40.7 Å². The summed E-state index contributed by atoms with van der Waals surface area (Å²) in [6.07, 6.45) is 3.44. The molecule has 0 aromatic carbocycles. The molecule has 29 heavy (non-hydrogen) atoms. The summed E-state index contributed by atoms with van der Waals surface area (Å²) in [4.78, 5) is 37.2. The fourth-order valence-corrected chi connectivity index (χ4v) is 4.43. The van der Waals surface area contributed by atoms with Gasteiger partial charge in [0.15, 0.2) is 5.82 Å². The summed E-state index contributed by atoms with van der Waals surface area (Å²) >= 11 is 0. The number of aromatic nitrogens is 3. The number of carbonyl (C=O) groups is 1. The maximum Gasteiger partial charge on any atom is 0.255 e. The third-order valence-corrected chi connectivity index (χ3v) is 6.42. The molecule has 2 fully saturated rings. The van der Waals surface area contributed by atoms with Crippen LogP contribution in [0.2, 0.25) is 0 Å². The first kappa shape index (κ1) is 19.5.